The van der Waals surface area contributed by atoms with Gasteiger partial charge in [0.15, 0.2) is 0 Å². The quantitative estimate of drug-likeness (QED) is 0.468. The second-order valence-electron chi connectivity index (χ2n) is 7.30. The minimum atomic E-state index is -1.23. The third-order valence-corrected chi connectivity index (χ3v) is 5.51. The van der Waals surface area contributed by atoms with Crippen LogP contribution in [0.15, 0.2) is 67.3 Å². The first-order valence-corrected chi connectivity index (χ1v) is 9.63. The van der Waals surface area contributed by atoms with Crippen molar-refractivity contribution >= 4 is 11.0 Å². The van der Waals surface area contributed by atoms with Crippen LogP contribution in [0.1, 0.15) is 22.6 Å². The summed E-state index contributed by atoms with van der Waals surface area (Å²) < 4.78 is 12.3. The summed E-state index contributed by atoms with van der Waals surface area (Å²) in [5, 5.41) is 22.1. The second-order valence-corrected chi connectivity index (χ2v) is 7.30. The van der Waals surface area contributed by atoms with Gasteiger partial charge in [-0.1, -0.05) is 24.3 Å². The number of fused-ring (bicyclic) bond motifs is 1. The molecule has 0 aliphatic rings. The predicted octanol–water partition coefficient (Wildman–Crippen LogP) is 1.79. The van der Waals surface area contributed by atoms with Gasteiger partial charge >= 0.3 is 11.3 Å². The normalized spacial score (nSPS) is 12.1. The highest BCUT2D eigenvalue weighted by Crippen LogP contribution is 2.39. The van der Waals surface area contributed by atoms with E-state index >= 15 is 0 Å². The number of aromatic hydroxyl groups is 2. The van der Waals surface area contributed by atoms with Crippen LogP contribution >= 0.6 is 0 Å². The first-order chi connectivity index (χ1) is 15.3. The zero-order valence-electron chi connectivity index (χ0n) is 17.5. The van der Waals surface area contributed by atoms with Gasteiger partial charge < -0.3 is 19.4 Å². The Morgan fingerprint density at radius 3 is 2.22 bits per heavy atom. The van der Waals surface area contributed by atoms with Crippen LogP contribution in [0.4, 0.5) is 0 Å². The molecule has 0 aliphatic heterocycles. The van der Waals surface area contributed by atoms with Gasteiger partial charge in [0.1, 0.15) is 17.1 Å². The largest absolute Gasteiger partial charge is 0.507 e. The molecule has 0 radical (unpaired) electrons. The summed E-state index contributed by atoms with van der Waals surface area (Å²) in [4.78, 5) is 38.4. The summed E-state index contributed by atoms with van der Waals surface area (Å²) in [6.45, 7) is 0. The third-order valence-electron chi connectivity index (χ3n) is 5.51. The topological polar surface area (TPSA) is 124 Å². The van der Waals surface area contributed by atoms with Gasteiger partial charge in [-0.3, -0.25) is 13.9 Å². The van der Waals surface area contributed by atoms with E-state index in [0.717, 1.165) is 9.13 Å². The summed E-state index contributed by atoms with van der Waals surface area (Å²) >= 11 is 0. The molecule has 1 unspecified atom stereocenters. The Morgan fingerprint density at radius 2 is 1.56 bits per heavy atom. The summed E-state index contributed by atoms with van der Waals surface area (Å²) in [6.07, 6.45) is 0. The molecule has 9 heteroatoms. The smallest absolute Gasteiger partial charge is 0.344 e. The summed E-state index contributed by atoms with van der Waals surface area (Å²) in [5.74, 6) is -1.70. The summed E-state index contributed by atoms with van der Waals surface area (Å²) in [7, 11) is 4.06. The fourth-order valence-corrected chi connectivity index (χ4v) is 3.79. The second kappa shape index (κ2) is 7.77. The van der Waals surface area contributed by atoms with E-state index in [0.29, 0.717) is 11.3 Å². The van der Waals surface area contributed by atoms with E-state index in [2.05, 4.69) is 0 Å². The Kier molecular flexibility index (Phi) is 5.09. The van der Waals surface area contributed by atoms with Crippen molar-refractivity contribution in [2.45, 2.75) is 5.92 Å². The molecule has 0 fully saturated rings. The van der Waals surface area contributed by atoms with Gasteiger partial charge in [-0.05, 0) is 29.8 Å². The van der Waals surface area contributed by atoms with Gasteiger partial charge in [0.05, 0.1) is 29.5 Å². The highest BCUT2D eigenvalue weighted by Gasteiger charge is 2.32. The van der Waals surface area contributed by atoms with E-state index < -0.39 is 28.7 Å². The maximum Gasteiger partial charge on any atom is 0.344 e. The first-order valence-electron chi connectivity index (χ1n) is 9.63. The molecule has 0 saturated heterocycles. The van der Waals surface area contributed by atoms with Crippen molar-refractivity contribution in [2.24, 2.45) is 14.1 Å². The molecule has 0 saturated carbocycles. The third kappa shape index (κ3) is 3.15. The van der Waals surface area contributed by atoms with E-state index in [1.807, 2.05) is 0 Å². The van der Waals surface area contributed by atoms with Crippen LogP contribution in [0.3, 0.4) is 0 Å². The molecule has 0 aliphatic carbocycles. The molecule has 2 N–H and O–H groups in total. The summed E-state index contributed by atoms with van der Waals surface area (Å²) in [5.41, 5.74) is -2.34. The average Bonchev–Trinajstić information content (AvgIpc) is 2.80. The lowest BCUT2D eigenvalue weighted by molar-refractivity contribution is 0.399. The Bertz CT molecular complexity index is 1510. The average molecular weight is 436 g/mol. The zero-order valence-corrected chi connectivity index (χ0v) is 17.5. The SMILES string of the molecule is COc1ccc(C(c2c(O)c3ccccc3oc2=O)c2c(O)n(C)c(=O)n(C)c2=O)cc1. The summed E-state index contributed by atoms with van der Waals surface area (Å²) in [6, 6.07) is 12.9. The molecule has 0 bridgehead atoms. The molecule has 4 aromatic rings. The van der Waals surface area contributed by atoms with Crippen LogP contribution < -0.4 is 21.6 Å². The highest BCUT2D eigenvalue weighted by molar-refractivity contribution is 5.84. The minimum Gasteiger partial charge on any atom is -0.507 e. The van der Waals surface area contributed by atoms with Crippen LogP contribution in [0, 0.1) is 0 Å². The monoisotopic (exact) mass is 436 g/mol. The Morgan fingerprint density at radius 1 is 0.906 bits per heavy atom. The van der Waals surface area contributed by atoms with Gasteiger partial charge in [0.2, 0.25) is 5.88 Å². The fourth-order valence-electron chi connectivity index (χ4n) is 3.79. The number of para-hydroxylation sites is 1. The molecule has 9 nitrogen and oxygen atoms in total. The van der Waals surface area contributed by atoms with Crippen molar-refractivity contribution in [2.75, 3.05) is 7.11 Å². The zero-order chi connectivity index (χ0) is 23.2. The lowest BCUT2D eigenvalue weighted by atomic mass is 9.85. The molecule has 0 amide bonds. The number of hydrogen-bond donors (Lipinski definition) is 2. The van der Waals surface area contributed by atoms with Crippen molar-refractivity contribution < 1.29 is 19.4 Å². The molecule has 2 aromatic heterocycles. The van der Waals surface area contributed by atoms with Gasteiger partial charge in [-0.25, -0.2) is 9.59 Å². The van der Waals surface area contributed by atoms with Crippen LogP contribution in [0.25, 0.3) is 11.0 Å². The Hall–Kier alpha value is -4.27. The van der Waals surface area contributed by atoms with E-state index in [9.17, 15) is 24.6 Å². The molecule has 32 heavy (non-hydrogen) atoms. The number of nitrogens with zero attached hydrogens (tertiary/aromatic N) is 2. The number of ether oxygens (including phenoxy) is 1. The number of rotatable bonds is 4. The van der Waals surface area contributed by atoms with E-state index in [4.69, 9.17) is 9.15 Å². The van der Waals surface area contributed by atoms with Gasteiger partial charge in [0.25, 0.3) is 5.56 Å². The van der Waals surface area contributed by atoms with E-state index in [1.165, 1.54) is 27.3 Å². The molecule has 164 valence electrons. The van der Waals surface area contributed by atoms with Crippen molar-refractivity contribution in [3.8, 4) is 17.4 Å². The molecule has 2 aromatic carbocycles. The maximum atomic E-state index is 13.1. The van der Waals surface area contributed by atoms with Crippen molar-refractivity contribution in [1.82, 2.24) is 9.13 Å². The van der Waals surface area contributed by atoms with Gasteiger partial charge in [-0.15, -0.1) is 0 Å². The fraction of sp³-hybridized carbons (Fsp3) is 0.174. The lowest BCUT2D eigenvalue weighted by Gasteiger charge is -2.21. The van der Waals surface area contributed by atoms with E-state index in [-0.39, 0.29) is 27.8 Å². The maximum absolute atomic E-state index is 13.1. The van der Waals surface area contributed by atoms with Crippen LogP contribution in [-0.4, -0.2) is 26.5 Å². The molecule has 0 spiro atoms. The van der Waals surface area contributed by atoms with E-state index in [1.54, 1.807) is 42.5 Å². The van der Waals surface area contributed by atoms with Crippen LogP contribution in [0.2, 0.25) is 0 Å². The Balaban J connectivity index is 2.15. The number of benzene rings is 2. The standard InChI is InChI=1S/C23H20N2O7/c1-24-20(27)18(21(28)25(2)23(24)30)16(12-8-10-13(31-3)11-9-12)17-19(26)14-6-4-5-7-15(14)32-22(17)29/h4-11,16,26-27H,1-3H3. The van der Waals surface area contributed by atoms with Crippen molar-refractivity contribution in [3.05, 3.63) is 96.5 Å². The number of hydrogen-bond acceptors (Lipinski definition) is 7. The molecular weight excluding hydrogens is 416 g/mol. The molecule has 1 atom stereocenters. The molecule has 2 heterocycles. The molecule has 4 rings (SSSR count). The number of aromatic nitrogens is 2. The van der Waals surface area contributed by atoms with Gasteiger partial charge in [-0.2, -0.15) is 0 Å². The minimum absolute atomic E-state index is 0.171. The van der Waals surface area contributed by atoms with Crippen molar-refractivity contribution in [1.29, 1.82) is 0 Å². The predicted molar refractivity (Wildman–Crippen MR) is 117 cm³/mol. The van der Waals surface area contributed by atoms with Crippen LogP contribution in [-0.2, 0) is 14.1 Å². The number of methoxy groups -OCH3 is 1. The van der Waals surface area contributed by atoms with Crippen molar-refractivity contribution in [3.63, 3.8) is 0 Å². The Labute approximate surface area is 181 Å². The first kappa shape index (κ1) is 21.0. The highest BCUT2D eigenvalue weighted by atomic mass is 16.5. The molecular formula is C23H20N2O7. The van der Waals surface area contributed by atoms with Gasteiger partial charge in [0, 0.05) is 14.1 Å². The lowest BCUT2D eigenvalue weighted by Crippen LogP contribution is -2.40. The van der Waals surface area contributed by atoms with Crippen LogP contribution in [0.5, 0.6) is 17.4 Å².